The molecule has 0 heterocycles. The molecule has 1 aromatic rings. The molecule has 0 amide bonds. The number of halogens is 1. The van der Waals surface area contributed by atoms with Crippen LogP contribution in [0.3, 0.4) is 0 Å². The molecule has 0 unspecified atom stereocenters. The van der Waals surface area contributed by atoms with E-state index in [-0.39, 0.29) is 5.82 Å². The standard InChI is InChI=1S/C16H25FN2/c1-3-11-18-12-13-7-6-10-15(17)16(13)19(2)14-8-4-5-9-14/h6-7,10,14,18H,3-5,8-9,11-12H2,1-2H3. The molecule has 0 radical (unpaired) electrons. The fourth-order valence-electron chi connectivity index (χ4n) is 2.97. The average molecular weight is 264 g/mol. The van der Waals surface area contributed by atoms with Crippen LogP contribution in [0.4, 0.5) is 10.1 Å². The Labute approximate surface area is 116 Å². The Balaban J connectivity index is 2.16. The summed E-state index contributed by atoms with van der Waals surface area (Å²) in [7, 11) is 2.04. The summed E-state index contributed by atoms with van der Waals surface area (Å²) in [6, 6.07) is 5.92. The van der Waals surface area contributed by atoms with Gasteiger partial charge < -0.3 is 10.2 Å². The summed E-state index contributed by atoms with van der Waals surface area (Å²) < 4.78 is 14.2. The van der Waals surface area contributed by atoms with Gasteiger partial charge in [0.1, 0.15) is 5.82 Å². The molecule has 1 N–H and O–H groups in total. The van der Waals surface area contributed by atoms with Gasteiger partial charge in [-0.1, -0.05) is 31.9 Å². The van der Waals surface area contributed by atoms with Crippen LogP contribution in [-0.2, 0) is 6.54 Å². The fourth-order valence-corrected chi connectivity index (χ4v) is 2.97. The first kappa shape index (κ1) is 14.3. The number of rotatable bonds is 6. The Kier molecular flexibility index (Phi) is 5.20. The van der Waals surface area contributed by atoms with E-state index in [2.05, 4.69) is 17.1 Å². The van der Waals surface area contributed by atoms with Gasteiger partial charge >= 0.3 is 0 Å². The minimum Gasteiger partial charge on any atom is -0.369 e. The summed E-state index contributed by atoms with van der Waals surface area (Å²) in [5.74, 6) is -0.0924. The summed E-state index contributed by atoms with van der Waals surface area (Å²) >= 11 is 0. The molecule has 2 rings (SSSR count). The summed E-state index contributed by atoms with van der Waals surface area (Å²) in [5, 5.41) is 3.37. The maximum atomic E-state index is 14.2. The van der Waals surface area contributed by atoms with Crippen LogP contribution in [0.1, 0.15) is 44.6 Å². The number of benzene rings is 1. The lowest BCUT2D eigenvalue weighted by molar-refractivity contribution is 0.587. The highest BCUT2D eigenvalue weighted by atomic mass is 19.1. The van der Waals surface area contributed by atoms with E-state index in [1.807, 2.05) is 19.2 Å². The van der Waals surface area contributed by atoms with E-state index in [0.717, 1.165) is 30.8 Å². The Bertz CT molecular complexity index is 400. The second-order valence-corrected chi connectivity index (χ2v) is 5.47. The molecule has 1 aliphatic carbocycles. The molecule has 19 heavy (non-hydrogen) atoms. The molecule has 1 fully saturated rings. The molecule has 0 saturated heterocycles. The zero-order chi connectivity index (χ0) is 13.7. The zero-order valence-electron chi connectivity index (χ0n) is 12.1. The Hall–Kier alpha value is -1.09. The molecule has 1 aromatic carbocycles. The van der Waals surface area contributed by atoms with Crippen molar-refractivity contribution in [1.82, 2.24) is 5.32 Å². The maximum Gasteiger partial charge on any atom is 0.146 e. The van der Waals surface area contributed by atoms with Crippen molar-refractivity contribution in [2.45, 2.75) is 51.6 Å². The highest BCUT2D eigenvalue weighted by molar-refractivity contribution is 5.55. The minimum absolute atomic E-state index is 0.0924. The first-order valence-electron chi connectivity index (χ1n) is 7.45. The van der Waals surface area contributed by atoms with Gasteiger partial charge in [0.15, 0.2) is 0 Å². The van der Waals surface area contributed by atoms with Crippen molar-refractivity contribution in [3.05, 3.63) is 29.6 Å². The number of para-hydroxylation sites is 1. The van der Waals surface area contributed by atoms with E-state index in [9.17, 15) is 4.39 Å². The second kappa shape index (κ2) is 6.90. The van der Waals surface area contributed by atoms with Crippen molar-refractivity contribution in [3.63, 3.8) is 0 Å². The van der Waals surface area contributed by atoms with Gasteiger partial charge in [-0.15, -0.1) is 0 Å². The van der Waals surface area contributed by atoms with Gasteiger partial charge in [0.05, 0.1) is 5.69 Å². The highest BCUT2D eigenvalue weighted by Crippen LogP contribution is 2.31. The molecule has 0 spiro atoms. The molecular weight excluding hydrogens is 239 g/mol. The predicted molar refractivity (Wildman–Crippen MR) is 79.1 cm³/mol. The third kappa shape index (κ3) is 3.47. The third-order valence-corrected chi connectivity index (χ3v) is 4.04. The molecule has 106 valence electrons. The Morgan fingerprint density at radius 3 is 2.74 bits per heavy atom. The number of hydrogen-bond donors (Lipinski definition) is 1. The van der Waals surface area contributed by atoms with E-state index in [0.29, 0.717) is 6.04 Å². The molecule has 1 saturated carbocycles. The van der Waals surface area contributed by atoms with Crippen molar-refractivity contribution in [1.29, 1.82) is 0 Å². The van der Waals surface area contributed by atoms with Crippen LogP contribution in [-0.4, -0.2) is 19.6 Å². The average Bonchev–Trinajstić information content (AvgIpc) is 2.92. The van der Waals surface area contributed by atoms with Crippen LogP contribution in [0.25, 0.3) is 0 Å². The molecule has 1 aliphatic rings. The van der Waals surface area contributed by atoms with E-state index in [4.69, 9.17) is 0 Å². The van der Waals surface area contributed by atoms with Gasteiger partial charge in [0, 0.05) is 19.6 Å². The topological polar surface area (TPSA) is 15.3 Å². The maximum absolute atomic E-state index is 14.2. The Morgan fingerprint density at radius 1 is 1.32 bits per heavy atom. The summed E-state index contributed by atoms with van der Waals surface area (Å²) in [4.78, 5) is 2.16. The number of nitrogens with one attached hydrogen (secondary N) is 1. The van der Waals surface area contributed by atoms with Gasteiger partial charge in [0.25, 0.3) is 0 Å². The van der Waals surface area contributed by atoms with Gasteiger partial charge in [0.2, 0.25) is 0 Å². The number of nitrogens with zero attached hydrogens (tertiary/aromatic N) is 1. The van der Waals surface area contributed by atoms with Crippen LogP contribution in [0.2, 0.25) is 0 Å². The number of hydrogen-bond acceptors (Lipinski definition) is 2. The van der Waals surface area contributed by atoms with E-state index in [1.54, 1.807) is 6.07 Å². The lowest BCUT2D eigenvalue weighted by Gasteiger charge is -2.29. The van der Waals surface area contributed by atoms with Gasteiger partial charge in [-0.25, -0.2) is 4.39 Å². The molecule has 0 aromatic heterocycles. The van der Waals surface area contributed by atoms with Crippen molar-refractivity contribution >= 4 is 5.69 Å². The first-order chi connectivity index (χ1) is 9.24. The SMILES string of the molecule is CCCNCc1cccc(F)c1N(C)C1CCCC1. The van der Waals surface area contributed by atoms with Crippen LogP contribution in [0.5, 0.6) is 0 Å². The van der Waals surface area contributed by atoms with Crippen molar-refractivity contribution in [2.75, 3.05) is 18.5 Å². The van der Waals surface area contributed by atoms with Crippen LogP contribution in [0, 0.1) is 5.82 Å². The van der Waals surface area contributed by atoms with Crippen molar-refractivity contribution in [3.8, 4) is 0 Å². The van der Waals surface area contributed by atoms with Gasteiger partial charge in [-0.2, -0.15) is 0 Å². The van der Waals surface area contributed by atoms with Crippen LogP contribution < -0.4 is 10.2 Å². The lowest BCUT2D eigenvalue weighted by Crippen LogP contribution is -2.31. The molecule has 3 heteroatoms. The van der Waals surface area contributed by atoms with Crippen molar-refractivity contribution in [2.24, 2.45) is 0 Å². The van der Waals surface area contributed by atoms with E-state index >= 15 is 0 Å². The summed E-state index contributed by atoms with van der Waals surface area (Å²) in [6.07, 6.45) is 6.02. The van der Waals surface area contributed by atoms with Crippen molar-refractivity contribution < 1.29 is 4.39 Å². The second-order valence-electron chi connectivity index (χ2n) is 5.47. The van der Waals surface area contributed by atoms with Crippen LogP contribution in [0.15, 0.2) is 18.2 Å². The minimum atomic E-state index is -0.0924. The lowest BCUT2D eigenvalue weighted by atomic mass is 10.1. The molecule has 0 bridgehead atoms. The highest BCUT2D eigenvalue weighted by Gasteiger charge is 2.23. The fraction of sp³-hybridized carbons (Fsp3) is 0.625. The third-order valence-electron chi connectivity index (χ3n) is 4.04. The van der Waals surface area contributed by atoms with Gasteiger partial charge in [-0.05, 0) is 37.4 Å². The first-order valence-corrected chi connectivity index (χ1v) is 7.45. The molecule has 0 atom stereocenters. The van der Waals surface area contributed by atoms with E-state index < -0.39 is 0 Å². The smallest absolute Gasteiger partial charge is 0.146 e. The van der Waals surface area contributed by atoms with Crippen LogP contribution >= 0.6 is 0 Å². The Morgan fingerprint density at radius 2 is 2.05 bits per heavy atom. The normalized spacial score (nSPS) is 15.9. The monoisotopic (exact) mass is 264 g/mol. The van der Waals surface area contributed by atoms with E-state index in [1.165, 1.54) is 25.7 Å². The number of anilines is 1. The summed E-state index contributed by atoms with van der Waals surface area (Å²) in [5.41, 5.74) is 1.86. The van der Waals surface area contributed by atoms with Gasteiger partial charge in [-0.3, -0.25) is 0 Å². The quantitative estimate of drug-likeness (QED) is 0.788. The zero-order valence-corrected chi connectivity index (χ0v) is 12.1. The molecule has 2 nitrogen and oxygen atoms in total. The predicted octanol–water partition coefficient (Wildman–Crippen LogP) is 3.70. The largest absolute Gasteiger partial charge is 0.369 e. The molecule has 0 aliphatic heterocycles. The summed E-state index contributed by atoms with van der Waals surface area (Å²) in [6.45, 7) is 3.87. The molecular formula is C16H25FN2.